The van der Waals surface area contributed by atoms with E-state index in [1.165, 1.54) is 16.2 Å². The van der Waals surface area contributed by atoms with Crippen LogP contribution in [0, 0.1) is 6.92 Å². The Morgan fingerprint density at radius 3 is 2.24 bits per heavy atom. The molecule has 0 fully saturated rings. The highest BCUT2D eigenvalue weighted by Crippen LogP contribution is 2.22. The van der Waals surface area contributed by atoms with E-state index in [0.29, 0.717) is 23.4 Å². The van der Waals surface area contributed by atoms with Gasteiger partial charge in [-0.2, -0.15) is 0 Å². The van der Waals surface area contributed by atoms with Crippen LogP contribution in [0.25, 0.3) is 22.6 Å². The predicted molar refractivity (Wildman–Crippen MR) is 123 cm³/mol. The third kappa shape index (κ3) is 4.00. The molecule has 4 rings (SSSR count). The van der Waals surface area contributed by atoms with Crippen LogP contribution in [0.2, 0.25) is 0 Å². The summed E-state index contributed by atoms with van der Waals surface area (Å²) in [5, 5.41) is 0. The van der Waals surface area contributed by atoms with E-state index in [4.69, 9.17) is 10.5 Å². The maximum absolute atomic E-state index is 13.2. The van der Waals surface area contributed by atoms with Gasteiger partial charge in [0.1, 0.15) is 11.3 Å². The lowest BCUT2D eigenvalue weighted by Crippen LogP contribution is -2.27. The van der Waals surface area contributed by atoms with Crippen molar-refractivity contribution in [3.8, 4) is 17.1 Å². The molecule has 9 nitrogen and oxygen atoms in total. The summed E-state index contributed by atoms with van der Waals surface area (Å²) >= 11 is 0. The second-order valence-corrected chi connectivity index (χ2v) is 7.56. The van der Waals surface area contributed by atoms with Crippen LogP contribution in [0.3, 0.4) is 0 Å². The number of aromatic nitrogens is 4. The molecule has 2 heterocycles. The summed E-state index contributed by atoms with van der Waals surface area (Å²) in [7, 11) is 1.53. The summed E-state index contributed by atoms with van der Waals surface area (Å²) in [4.78, 5) is 47.4. The third-order valence-electron chi connectivity index (χ3n) is 5.43. The number of fused-ring (bicyclic) bond motifs is 1. The van der Waals surface area contributed by atoms with E-state index in [1.807, 2.05) is 31.2 Å². The van der Waals surface area contributed by atoms with E-state index in [9.17, 15) is 14.4 Å². The van der Waals surface area contributed by atoms with Gasteiger partial charge in [0.2, 0.25) is 0 Å². The molecule has 0 aliphatic carbocycles. The fraction of sp³-hybridized carbons (Fsp3) is 0.208. The molecular weight excluding hydrogens is 422 g/mol. The van der Waals surface area contributed by atoms with Crippen molar-refractivity contribution in [2.24, 2.45) is 5.73 Å². The number of ether oxygens (including phenoxy) is 1. The lowest BCUT2D eigenvalue weighted by molar-refractivity contribution is 0.0966. The summed E-state index contributed by atoms with van der Waals surface area (Å²) in [6, 6.07) is 14.0. The first-order chi connectivity index (χ1) is 15.8. The van der Waals surface area contributed by atoms with Gasteiger partial charge in [-0.3, -0.25) is 18.7 Å². The second-order valence-electron chi connectivity index (χ2n) is 7.56. The van der Waals surface area contributed by atoms with Crippen LogP contribution < -0.4 is 16.2 Å². The number of carbonyl (C=O) groups is 2. The van der Waals surface area contributed by atoms with Crippen molar-refractivity contribution in [2.75, 3.05) is 7.11 Å². The molecule has 4 aromatic rings. The van der Waals surface area contributed by atoms with Crippen LogP contribution >= 0.6 is 0 Å². The second kappa shape index (κ2) is 8.70. The molecule has 0 spiro atoms. The number of carbonyl (C=O) groups excluding carboxylic acids is 2. The number of methoxy groups -OCH3 is 1. The van der Waals surface area contributed by atoms with Crippen LogP contribution in [0.4, 0.5) is 0 Å². The Morgan fingerprint density at radius 2 is 1.67 bits per heavy atom. The fourth-order valence-corrected chi connectivity index (χ4v) is 3.66. The van der Waals surface area contributed by atoms with Crippen molar-refractivity contribution < 1.29 is 14.3 Å². The molecule has 0 bridgehead atoms. The molecule has 0 unspecified atom stereocenters. The molecular formula is C24H23N5O4. The molecule has 0 radical (unpaired) electrons. The fourth-order valence-electron chi connectivity index (χ4n) is 3.66. The molecule has 0 atom stereocenters. The van der Waals surface area contributed by atoms with E-state index in [2.05, 4.69) is 9.97 Å². The Bertz CT molecular complexity index is 1420. The van der Waals surface area contributed by atoms with Gasteiger partial charge in [-0.15, -0.1) is 0 Å². The number of nitrogens with zero attached hydrogens (tertiary/aromatic N) is 4. The SMILES string of the molecule is CCn1c(=O)n(CC(=O)c2ccc(OC)cc2)c2c(C(N)=O)nc(-c3ccc(C)cc3)nc21. The number of primary amides is 1. The normalized spacial score (nSPS) is 11.0. The van der Waals surface area contributed by atoms with E-state index < -0.39 is 11.6 Å². The number of aryl methyl sites for hydroxylation is 2. The zero-order valence-corrected chi connectivity index (χ0v) is 18.5. The Labute approximate surface area is 189 Å². The summed E-state index contributed by atoms with van der Waals surface area (Å²) in [6.45, 7) is 3.75. The minimum atomic E-state index is -0.810. The van der Waals surface area contributed by atoms with Gasteiger partial charge in [0.05, 0.1) is 13.7 Å². The summed E-state index contributed by atoms with van der Waals surface area (Å²) < 4.78 is 7.74. The van der Waals surface area contributed by atoms with Crippen molar-refractivity contribution in [2.45, 2.75) is 26.9 Å². The molecule has 2 N–H and O–H groups in total. The molecule has 1 amide bonds. The molecule has 2 aromatic carbocycles. The lowest BCUT2D eigenvalue weighted by Gasteiger charge is -2.08. The van der Waals surface area contributed by atoms with Gasteiger partial charge in [0.25, 0.3) is 5.91 Å². The quantitative estimate of drug-likeness (QED) is 0.436. The van der Waals surface area contributed by atoms with E-state index in [0.717, 1.165) is 5.56 Å². The van der Waals surface area contributed by atoms with Gasteiger partial charge >= 0.3 is 5.69 Å². The first-order valence-electron chi connectivity index (χ1n) is 10.4. The summed E-state index contributed by atoms with van der Waals surface area (Å²) in [5.74, 6) is -0.237. The Kier molecular flexibility index (Phi) is 5.78. The highest BCUT2D eigenvalue weighted by atomic mass is 16.5. The molecule has 9 heteroatoms. The van der Waals surface area contributed by atoms with Crippen LogP contribution in [0.15, 0.2) is 53.3 Å². The van der Waals surface area contributed by atoms with Crippen LogP contribution in [0.5, 0.6) is 5.75 Å². The number of hydrogen-bond acceptors (Lipinski definition) is 6. The lowest BCUT2D eigenvalue weighted by atomic mass is 10.1. The maximum Gasteiger partial charge on any atom is 0.330 e. The molecule has 33 heavy (non-hydrogen) atoms. The van der Waals surface area contributed by atoms with Gasteiger partial charge in [0.15, 0.2) is 22.9 Å². The highest BCUT2D eigenvalue weighted by molar-refractivity contribution is 6.03. The molecule has 0 saturated heterocycles. The van der Waals surface area contributed by atoms with Crippen molar-refractivity contribution in [3.63, 3.8) is 0 Å². The molecule has 2 aromatic heterocycles. The Hall–Kier alpha value is -4.27. The molecule has 168 valence electrons. The first-order valence-corrected chi connectivity index (χ1v) is 10.4. The van der Waals surface area contributed by atoms with Crippen LogP contribution in [0.1, 0.15) is 33.3 Å². The van der Waals surface area contributed by atoms with Crippen molar-refractivity contribution in [3.05, 3.63) is 75.8 Å². The molecule has 0 aliphatic heterocycles. The maximum atomic E-state index is 13.2. The number of imidazole rings is 1. The average Bonchev–Trinajstić information content (AvgIpc) is 3.09. The minimum Gasteiger partial charge on any atom is -0.497 e. The van der Waals surface area contributed by atoms with E-state index in [1.54, 1.807) is 31.2 Å². The van der Waals surface area contributed by atoms with Crippen LogP contribution in [-0.4, -0.2) is 37.9 Å². The van der Waals surface area contributed by atoms with Gasteiger partial charge < -0.3 is 10.5 Å². The smallest absolute Gasteiger partial charge is 0.330 e. The topological polar surface area (TPSA) is 122 Å². The monoisotopic (exact) mass is 445 g/mol. The number of benzene rings is 2. The molecule has 0 saturated carbocycles. The van der Waals surface area contributed by atoms with Gasteiger partial charge in [-0.05, 0) is 38.1 Å². The van der Waals surface area contributed by atoms with Gasteiger partial charge in [-0.1, -0.05) is 29.8 Å². The Morgan fingerprint density at radius 1 is 1.00 bits per heavy atom. The van der Waals surface area contributed by atoms with Crippen molar-refractivity contribution >= 4 is 22.9 Å². The van der Waals surface area contributed by atoms with Crippen LogP contribution in [-0.2, 0) is 13.1 Å². The standard InChI is InChI=1S/C24H23N5O4/c1-4-28-23-20(19(21(25)31)26-22(27-23)16-7-5-14(2)6-8-16)29(24(28)32)13-18(30)15-9-11-17(33-3)12-10-15/h5-12H,4,13H2,1-3H3,(H2,25,31). The number of Topliss-reactive ketones (excluding diaryl/α,β-unsaturated/α-hetero) is 1. The number of amides is 1. The number of rotatable bonds is 7. The van der Waals surface area contributed by atoms with Crippen molar-refractivity contribution in [1.29, 1.82) is 0 Å². The zero-order valence-electron chi connectivity index (χ0n) is 18.5. The first kappa shape index (κ1) is 21.9. The van der Waals surface area contributed by atoms with E-state index in [-0.39, 0.29) is 35.0 Å². The number of ketones is 1. The molecule has 0 aliphatic rings. The van der Waals surface area contributed by atoms with Gasteiger partial charge in [0, 0.05) is 17.7 Å². The average molecular weight is 445 g/mol. The largest absolute Gasteiger partial charge is 0.497 e. The third-order valence-corrected chi connectivity index (χ3v) is 5.43. The highest BCUT2D eigenvalue weighted by Gasteiger charge is 2.24. The number of nitrogens with two attached hydrogens (primary N) is 1. The predicted octanol–water partition coefficient (Wildman–Crippen LogP) is 2.58. The van der Waals surface area contributed by atoms with E-state index >= 15 is 0 Å². The van der Waals surface area contributed by atoms with Gasteiger partial charge in [-0.25, -0.2) is 14.8 Å². The summed E-state index contributed by atoms with van der Waals surface area (Å²) in [6.07, 6.45) is 0. The Balaban J connectivity index is 1.88. The minimum absolute atomic E-state index is 0.109. The summed E-state index contributed by atoms with van der Waals surface area (Å²) in [5.41, 5.74) is 7.61. The zero-order chi connectivity index (χ0) is 23.7. The number of hydrogen-bond donors (Lipinski definition) is 1. The van der Waals surface area contributed by atoms with Crippen molar-refractivity contribution in [1.82, 2.24) is 19.1 Å².